The summed E-state index contributed by atoms with van der Waals surface area (Å²) in [7, 11) is 0. The van der Waals surface area contributed by atoms with Gasteiger partial charge in [-0.1, -0.05) is 0 Å². The summed E-state index contributed by atoms with van der Waals surface area (Å²) < 4.78 is 0. The van der Waals surface area contributed by atoms with Crippen molar-refractivity contribution in [2.75, 3.05) is 0 Å². The van der Waals surface area contributed by atoms with E-state index >= 15 is 0 Å². The number of nitrogens with two attached hydrogens (primary N) is 1. The van der Waals surface area contributed by atoms with Crippen molar-refractivity contribution in [2.45, 2.75) is 51.1 Å². The van der Waals surface area contributed by atoms with E-state index in [4.69, 9.17) is 5.73 Å². The van der Waals surface area contributed by atoms with Crippen LogP contribution in [-0.4, -0.2) is 17.5 Å². The standard InChI is InChI=1S/C11H20N2O/c1-11(2,12)10(14)13-9(7-3-4-7)8-5-6-8/h7-9H,3-6,12H2,1-2H3,(H,13,14). The van der Waals surface area contributed by atoms with Crippen LogP contribution in [0.5, 0.6) is 0 Å². The van der Waals surface area contributed by atoms with Crippen LogP contribution in [0.1, 0.15) is 39.5 Å². The number of carbonyl (C=O) groups is 1. The zero-order valence-electron chi connectivity index (χ0n) is 9.05. The molecule has 0 unspecified atom stereocenters. The molecule has 0 atom stereocenters. The van der Waals surface area contributed by atoms with Crippen molar-refractivity contribution < 1.29 is 4.79 Å². The molecule has 80 valence electrons. The van der Waals surface area contributed by atoms with E-state index in [9.17, 15) is 4.79 Å². The number of hydrogen-bond donors (Lipinski definition) is 2. The van der Waals surface area contributed by atoms with E-state index in [0.717, 1.165) is 11.8 Å². The smallest absolute Gasteiger partial charge is 0.239 e. The van der Waals surface area contributed by atoms with Crippen LogP contribution >= 0.6 is 0 Å². The van der Waals surface area contributed by atoms with Gasteiger partial charge in [0.2, 0.25) is 5.91 Å². The minimum absolute atomic E-state index is 0.00120. The molecule has 2 aliphatic rings. The molecule has 2 aliphatic carbocycles. The van der Waals surface area contributed by atoms with Gasteiger partial charge in [0.25, 0.3) is 0 Å². The van der Waals surface area contributed by atoms with Gasteiger partial charge in [0, 0.05) is 6.04 Å². The first-order valence-corrected chi connectivity index (χ1v) is 5.58. The molecule has 0 saturated heterocycles. The van der Waals surface area contributed by atoms with Gasteiger partial charge in [0.15, 0.2) is 0 Å². The van der Waals surface area contributed by atoms with Crippen LogP contribution in [0.4, 0.5) is 0 Å². The van der Waals surface area contributed by atoms with Crippen molar-refractivity contribution in [2.24, 2.45) is 17.6 Å². The van der Waals surface area contributed by atoms with Crippen LogP contribution in [0.15, 0.2) is 0 Å². The van der Waals surface area contributed by atoms with Crippen molar-refractivity contribution >= 4 is 5.91 Å². The maximum Gasteiger partial charge on any atom is 0.239 e. The predicted octanol–water partition coefficient (Wildman–Crippen LogP) is 1.03. The molecule has 1 amide bonds. The van der Waals surface area contributed by atoms with Crippen LogP contribution in [0.3, 0.4) is 0 Å². The maximum absolute atomic E-state index is 11.7. The van der Waals surface area contributed by atoms with Gasteiger partial charge in [-0.05, 0) is 51.4 Å². The SMILES string of the molecule is CC(C)(N)C(=O)NC(C1CC1)C1CC1. The van der Waals surface area contributed by atoms with Gasteiger partial charge in [-0.3, -0.25) is 4.79 Å². The first-order chi connectivity index (χ1) is 6.48. The number of carbonyl (C=O) groups excluding carboxylic acids is 1. The fourth-order valence-electron chi connectivity index (χ4n) is 1.87. The van der Waals surface area contributed by atoms with Crippen LogP contribution < -0.4 is 11.1 Å². The highest BCUT2D eigenvalue weighted by molar-refractivity contribution is 5.85. The second-order valence-electron chi connectivity index (χ2n) is 5.40. The Morgan fingerprint density at radius 1 is 1.29 bits per heavy atom. The molecule has 0 radical (unpaired) electrons. The van der Waals surface area contributed by atoms with Gasteiger partial charge in [-0.15, -0.1) is 0 Å². The van der Waals surface area contributed by atoms with Gasteiger partial charge >= 0.3 is 0 Å². The highest BCUT2D eigenvalue weighted by atomic mass is 16.2. The molecule has 0 aromatic carbocycles. The van der Waals surface area contributed by atoms with Crippen LogP contribution in [0.25, 0.3) is 0 Å². The first-order valence-electron chi connectivity index (χ1n) is 5.58. The van der Waals surface area contributed by atoms with Crippen LogP contribution in [0.2, 0.25) is 0 Å². The molecule has 2 fully saturated rings. The predicted molar refractivity (Wildman–Crippen MR) is 55.6 cm³/mol. The average Bonchev–Trinajstić information content (AvgIpc) is 2.90. The quantitative estimate of drug-likeness (QED) is 0.705. The number of hydrogen-bond acceptors (Lipinski definition) is 2. The Morgan fingerprint density at radius 3 is 2.00 bits per heavy atom. The molecule has 2 saturated carbocycles. The molecular formula is C11H20N2O. The summed E-state index contributed by atoms with van der Waals surface area (Å²) in [4.78, 5) is 11.7. The normalized spacial score (nSPS) is 22.6. The van der Waals surface area contributed by atoms with Gasteiger partial charge in [0.05, 0.1) is 5.54 Å². The summed E-state index contributed by atoms with van der Waals surface area (Å²) >= 11 is 0. The van der Waals surface area contributed by atoms with Crippen molar-refractivity contribution in [3.63, 3.8) is 0 Å². The molecule has 2 rings (SSSR count). The lowest BCUT2D eigenvalue weighted by atomic mass is 10.0. The van der Waals surface area contributed by atoms with Gasteiger partial charge in [0.1, 0.15) is 0 Å². The molecule has 0 heterocycles. The number of rotatable bonds is 4. The highest BCUT2D eigenvalue weighted by Crippen LogP contribution is 2.44. The molecular weight excluding hydrogens is 176 g/mol. The summed E-state index contributed by atoms with van der Waals surface area (Å²) in [6, 6.07) is 0.422. The van der Waals surface area contributed by atoms with E-state index in [2.05, 4.69) is 5.32 Å². The summed E-state index contributed by atoms with van der Waals surface area (Å²) in [5.41, 5.74) is 5.02. The fraction of sp³-hybridized carbons (Fsp3) is 0.909. The molecule has 0 aromatic rings. The number of amides is 1. The Balaban J connectivity index is 1.90. The van der Waals surface area contributed by atoms with E-state index in [1.165, 1.54) is 25.7 Å². The third-order valence-electron chi connectivity index (χ3n) is 3.14. The van der Waals surface area contributed by atoms with E-state index in [-0.39, 0.29) is 5.91 Å². The van der Waals surface area contributed by atoms with E-state index in [1.807, 2.05) is 0 Å². The third kappa shape index (κ3) is 2.27. The number of nitrogens with one attached hydrogen (secondary N) is 1. The lowest BCUT2D eigenvalue weighted by molar-refractivity contribution is -0.126. The average molecular weight is 196 g/mol. The van der Waals surface area contributed by atoms with Crippen LogP contribution in [-0.2, 0) is 4.79 Å². The minimum Gasteiger partial charge on any atom is -0.351 e. The largest absolute Gasteiger partial charge is 0.351 e. The van der Waals surface area contributed by atoms with Gasteiger partial charge < -0.3 is 11.1 Å². The van der Waals surface area contributed by atoms with Crippen molar-refractivity contribution in [3.05, 3.63) is 0 Å². The van der Waals surface area contributed by atoms with E-state index < -0.39 is 5.54 Å². The zero-order chi connectivity index (χ0) is 10.3. The van der Waals surface area contributed by atoms with Gasteiger partial charge in [-0.25, -0.2) is 0 Å². The maximum atomic E-state index is 11.7. The molecule has 3 heteroatoms. The Bertz CT molecular complexity index is 224. The molecule has 3 N–H and O–H groups in total. The molecule has 0 bridgehead atoms. The lowest BCUT2D eigenvalue weighted by Gasteiger charge is -2.24. The fourth-order valence-corrected chi connectivity index (χ4v) is 1.87. The lowest BCUT2D eigenvalue weighted by Crippen LogP contribution is -2.53. The third-order valence-corrected chi connectivity index (χ3v) is 3.14. The minimum atomic E-state index is -0.734. The van der Waals surface area contributed by atoms with E-state index in [1.54, 1.807) is 13.8 Å². The molecule has 14 heavy (non-hydrogen) atoms. The Kier molecular flexibility index (Phi) is 2.30. The second-order valence-corrected chi connectivity index (χ2v) is 5.40. The topological polar surface area (TPSA) is 55.1 Å². The van der Waals surface area contributed by atoms with Crippen molar-refractivity contribution in [1.82, 2.24) is 5.32 Å². The van der Waals surface area contributed by atoms with Gasteiger partial charge in [-0.2, -0.15) is 0 Å². The second kappa shape index (κ2) is 3.23. The Morgan fingerprint density at radius 2 is 1.71 bits per heavy atom. The molecule has 3 nitrogen and oxygen atoms in total. The summed E-state index contributed by atoms with van der Waals surface area (Å²) in [6.07, 6.45) is 5.14. The van der Waals surface area contributed by atoms with E-state index in [0.29, 0.717) is 6.04 Å². The Hall–Kier alpha value is -0.570. The van der Waals surface area contributed by atoms with Crippen LogP contribution in [0, 0.1) is 11.8 Å². The van der Waals surface area contributed by atoms with Crippen molar-refractivity contribution in [1.29, 1.82) is 0 Å². The molecule has 0 aliphatic heterocycles. The zero-order valence-corrected chi connectivity index (χ0v) is 9.05. The monoisotopic (exact) mass is 196 g/mol. The van der Waals surface area contributed by atoms with Crippen molar-refractivity contribution in [3.8, 4) is 0 Å². The highest BCUT2D eigenvalue weighted by Gasteiger charge is 2.43. The Labute approximate surface area is 85.4 Å². The molecule has 0 aromatic heterocycles. The first kappa shape index (κ1) is 9.97. The summed E-state index contributed by atoms with van der Waals surface area (Å²) in [5, 5.41) is 3.12. The molecule has 0 spiro atoms. The summed E-state index contributed by atoms with van der Waals surface area (Å²) in [5.74, 6) is 1.49. The summed E-state index contributed by atoms with van der Waals surface area (Å²) in [6.45, 7) is 3.53.